The van der Waals surface area contributed by atoms with E-state index in [9.17, 15) is 8.42 Å². The fourth-order valence-electron chi connectivity index (χ4n) is 1.21. The summed E-state index contributed by atoms with van der Waals surface area (Å²) in [5.74, 6) is 0. The van der Waals surface area contributed by atoms with E-state index in [2.05, 4.69) is 14.8 Å². The molecule has 2 aromatic heterocycles. The number of aromatic nitrogens is 3. The van der Waals surface area contributed by atoms with E-state index >= 15 is 0 Å². The second-order valence-corrected chi connectivity index (χ2v) is 5.39. The van der Waals surface area contributed by atoms with Gasteiger partial charge in [-0.25, -0.2) is 13.4 Å². The molecule has 0 aliphatic rings. The van der Waals surface area contributed by atoms with Gasteiger partial charge in [-0.3, -0.25) is 9.40 Å². The number of hydrogen-bond donors (Lipinski definition) is 1. The van der Waals surface area contributed by atoms with E-state index in [1.54, 1.807) is 13.2 Å². The zero-order valence-electron chi connectivity index (χ0n) is 8.83. The highest BCUT2D eigenvalue weighted by Crippen LogP contribution is 2.15. The van der Waals surface area contributed by atoms with Crippen LogP contribution in [-0.4, -0.2) is 23.2 Å². The lowest BCUT2D eigenvalue weighted by atomic mass is 10.5. The van der Waals surface area contributed by atoms with Crippen LogP contribution in [0.15, 0.2) is 35.6 Å². The molecule has 6 nitrogen and oxygen atoms in total. The molecule has 2 heterocycles. The summed E-state index contributed by atoms with van der Waals surface area (Å²) in [7, 11) is -1.95. The molecule has 0 unspecified atom stereocenters. The van der Waals surface area contributed by atoms with Gasteiger partial charge in [0.2, 0.25) is 0 Å². The third-order valence-electron chi connectivity index (χ3n) is 1.97. The van der Waals surface area contributed by atoms with Crippen molar-refractivity contribution in [1.82, 2.24) is 14.8 Å². The zero-order chi connectivity index (χ0) is 12.5. The summed E-state index contributed by atoms with van der Waals surface area (Å²) in [6, 6.07) is 2.80. The minimum absolute atomic E-state index is 0.0470. The van der Waals surface area contributed by atoms with Gasteiger partial charge < -0.3 is 0 Å². The van der Waals surface area contributed by atoms with Crippen LogP contribution in [0.25, 0.3) is 0 Å². The first-order valence-corrected chi connectivity index (χ1v) is 6.46. The number of nitrogens with zero attached hydrogens (tertiary/aromatic N) is 3. The summed E-state index contributed by atoms with van der Waals surface area (Å²) in [5, 5.41) is 4.10. The quantitative estimate of drug-likeness (QED) is 0.854. The van der Waals surface area contributed by atoms with Crippen molar-refractivity contribution in [2.45, 2.75) is 4.90 Å². The summed E-state index contributed by atoms with van der Waals surface area (Å²) in [4.78, 5) is 3.76. The monoisotopic (exact) mass is 272 g/mol. The van der Waals surface area contributed by atoms with Crippen molar-refractivity contribution in [2.24, 2.45) is 7.05 Å². The van der Waals surface area contributed by atoms with Crippen LogP contribution in [0.1, 0.15) is 0 Å². The Hall–Kier alpha value is -1.60. The predicted molar refractivity (Wildman–Crippen MR) is 63.3 cm³/mol. The average Bonchev–Trinajstić information content (AvgIpc) is 2.63. The molecular formula is C9H9ClN4O2S. The molecule has 0 spiro atoms. The highest BCUT2D eigenvalue weighted by atomic mass is 35.5. The minimum Gasteiger partial charge on any atom is -0.276 e. The van der Waals surface area contributed by atoms with Crippen LogP contribution in [0.3, 0.4) is 0 Å². The SMILES string of the molecule is Cn1cc(NS(=O)(=O)c2ccc(Cl)nc2)cn1. The van der Waals surface area contributed by atoms with Gasteiger partial charge in [-0.2, -0.15) is 5.10 Å². The number of nitrogens with one attached hydrogen (secondary N) is 1. The number of rotatable bonds is 3. The molecule has 0 atom stereocenters. The van der Waals surface area contributed by atoms with Crippen molar-refractivity contribution in [2.75, 3.05) is 4.72 Å². The van der Waals surface area contributed by atoms with Crippen molar-refractivity contribution >= 4 is 27.3 Å². The normalized spacial score (nSPS) is 11.4. The zero-order valence-corrected chi connectivity index (χ0v) is 10.4. The van der Waals surface area contributed by atoms with Gasteiger partial charge in [-0.05, 0) is 12.1 Å². The Labute approximate surface area is 103 Å². The van der Waals surface area contributed by atoms with Crippen LogP contribution in [0.5, 0.6) is 0 Å². The molecule has 0 aliphatic carbocycles. The van der Waals surface area contributed by atoms with Gasteiger partial charge in [0.15, 0.2) is 0 Å². The molecular weight excluding hydrogens is 264 g/mol. The molecule has 2 rings (SSSR count). The van der Waals surface area contributed by atoms with Crippen LogP contribution in [-0.2, 0) is 17.1 Å². The Morgan fingerprint density at radius 3 is 2.65 bits per heavy atom. The van der Waals surface area contributed by atoms with E-state index in [1.807, 2.05) is 0 Å². The van der Waals surface area contributed by atoms with E-state index in [0.29, 0.717) is 5.69 Å². The lowest BCUT2D eigenvalue weighted by molar-refractivity contribution is 0.601. The summed E-state index contributed by atoms with van der Waals surface area (Å²) in [6.07, 6.45) is 4.17. The third kappa shape index (κ3) is 2.75. The maximum atomic E-state index is 11.9. The topological polar surface area (TPSA) is 76.9 Å². The largest absolute Gasteiger partial charge is 0.276 e. The molecule has 17 heavy (non-hydrogen) atoms. The van der Waals surface area contributed by atoms with E-state index < -0.39 is 10.0 Å². The Bertz CT molecular complexity index is 621. The fourth-order valence-corrected chi connectivity index (χ4v) is 2.29. The van der Waals surface area contributed by atoms with Gasteiger partial charge in [0.05, 0.1) is 11.9 Å². The number of hydrogen-bond acceptors (Lipinski definition) is 4. The number of sulfonamides is 1. The molecule has 0 aliphatic heterocycles. The lowest BCUT2D eigenvalue weighted by Crippen LogP contribution is -2.12. The van der Waals surface area contributed by atoms with Crippen LogP contribution in [0.4, 0.5) is 5.69 Å². The maximum Gasteiger partial charge on any atom is 0.263 e. The van der Waals surface area contributed by atoms with Gasteiger partial charge in [-0.15, -0.1) is 0 Å². The Morgan fingerprint density at radius 1 is 1.35 bits per heavy atom. The van der Waals surface area contributed by atoms with E-state index in [1.165, 1.54) is 29.2 Å². The van der Waals surface area contributed by atoms with E-state index in [0.717, 1.165) is 0 Å². The van der Waals surface area contributed by atoms with Gasteiger partial charge >= 0.3 is 0 Å². The van der Waals surface area contributed by atoms with Gasteiger partial charge in [0, 0.05) is 19.4 Å². The smallest absolute Gasteiger partial charge is 0.263 e. The molecule has 0 saturated carbocycles. The molecule has 0 amide bonds. The molecule has 2 aromatic rings. The molecule has 8 heteroatoms. The van der Waals surface area contributed by atoms with Crippen molar-refractivity contribution in [1.29, 1.82) is 0 Å². The second kappa shape index (κ2) is 4.34. The Balaban J connectivity index is 2.28. The van der Waals surface area contributed by atoms with Gasteiger partial charge in [0.25, 0.3) is 10.0 Å². The van der Waals surface area contributed by atoms with Gasteiger partial charge in [-0.1, -0.05) is 11.6 Å². The molecule has 0 aromatic carbocycles. The fraction of sp³-hybridized carbons (Fsp3) is 0.111. The molecule has 0 saturated heterocycles. The summed E-state index contributed by atoms with van der Waals surface area (Å²) >= 11 is 5.59. The first-order chi connectivity index (χ1) is 7.97. The number of aryl methyl sites for hydroxylation is 1. The van der Waals surface area contributed by atoms with Crippen molar-refractivity contribution in [3.05, 3.63) is 35.9 Å². The third-order valence-corrected chi connectivity index (χ3v) is 3.56. The standard InChI is InChI=1S/C9H9ClN4O2S/c1-14-6-7(4-12-14)13-17(15,16)8-2-3-9(10)11-5-8/h2-6,13H,1H3. The van der Waals surface area contributed by atoms with E-state index in [-0.39, 0.29) is 10.0 Å². The molecule has 1 N–H and O–H groups in total. The minimum atomic E-state index is -3.64. The van der Waals surface area contributed by atoms with Crippen LogP contribution in [0, 0.1) is 0 Å². The number of anilines is 1. The molecule has 0 bridgehead atoms. The first-order valence-electron chi connectivity index (χ1n) is 4.60. The van der Waals surface area contributed by atoms with Crippen molar-refractivity contribution < 1.29 is 8.42 Å². The lowest BCUT2D eigenvalue weighted by Gasteiger charge is -2.04. The molecule has 90 valence electrons. The summed E-state index contributed by atoms with van der Waals surface area (Å²) in [5.41, 5.74) is 0.391. The highest BCUT2D eigenvalue weighted by Gasteiger charge is 2.15. The first kappa shape index (κ1) is 11.9. The average molecular weight is 273 g/mol. The van der Waals surface area contributed by atoms with E-state index in [4.69, 9.17) is 11.6 Å². The second-order valence-electron chi connectivity index (χ2n) is 3.32. The van der Waals surface area contributed by atoms with Crippen molar-refractivity contribution in [3.8, 4) is 0 Å². The van der Waals surface area contributed by atoms with Crippen LogP contribution in [0.2, 0.25) is 5.15 Å². The molecule has 0 radical (unpaired) electrons. The highest BCUT2D eigenvalue weighted by molar-refractivity contribution is 7.92. The van der Waals surface area contributed by atoms with Crippen LogP contribution >= 0.6 is 11.6 Å². The molecule has 0 fully saturated rings. The Kier molecular flexibility index (Phi) is 3.03. The van der Waals surface area contributed by atoms with Gasteiger partial charge in [0.1, 0.15) is 10.0 Å². The summed E-state index contributed by atoms with van der Waals surface area (Å²) < 4.78 is 27.7. The maximum absolute atomic E-state index is 11.9. The Morgan fingerprint density at radius 2 is 2.12 bits per heavy atom. The van der Waals surface area contributed by atoms with Crippen LogP contribution < -0.4 is 4.72 Å². The number of pyridine rings is 1. The van der Waals surface area contributed by atoms with Crippen molar-refractivity contribution in [3.63, 3.8) is 0 Å². The summed E-state index contributed by atoms with van der Waals surface area (Å²) in [6.45, 7) is 0. The number of halogens is 1. The predicted octanol–water partition coefficient (Wildman–Crippen LogP) is 1.27.